The van der Waals surface area contributed by atoms with Crippen molar-refractivity contribution in [3.05, 3.63) is 51.4 Å². The fourth-order valence-electron chi connectivity index (χ4n) is 4.20. The second-order valence-electron chi connectivity index (χ2n) is 8.25. The molecule has 8 nitrogen and oxygen atoms in total. The molecule has 0 aliphatic carbocycles. The molecule has 0 saturated heterocycles. The van der Waals surface area contributed by atoms with E-state index in [9.17, 15) is 18.3 Å². The Morgan fingerprint density at radius 1 is 1.16 bits per heavy atom. The number of aliphatic hydroxyl groups excluding tert-OH is 1. The number of sulfonamides is 1. The largest absolute Gasteiger partial charge is 0.395 e. The van der Waals surface area contributed by atoms with Gasteiger partial charge in [0.25, 0.3) is 5.56 Å². The zero-order chi connectivity index (χ0) is 23.8. The van der Waals surface area contributed by atoms with Crippen LogP contribution in [0.25, 0.3) is 16.9 Å². The minimum Gasteiger partial charge on any atom is -0.395 e. The molecule has 0 unspecified atom stereocenters. The molecule has 0 radical (unpaired) electrons. The van der Waals surface area contributed by atoms with Gasteiger partial charge in [-0.1, -0.05) is 13.8 Å². The molecule has 0 bridgehead atoms. The van der Waals surface area contributed by atoms with Crippen LogP contribution in [0.1, 0.15) is 49.4 Å². The van der Waals surface area contributed by atoms with Crippen LogP contribution >= 0.6 is 0 Å². The first kappa shape index (κ1) is 24.0. The third kappa shape index (κ3) is 4.19. The molecule has 1 aromatic carbocycles. The number of rotatable bonds is 8. The minimum atomic E-state index is -3.39. The number of nitrogens with zero attached hydrogens (tertiary/aromatic N) is 4. The predicted molar refractivity (Wildman–Crippen MR) is 128 cm³/mol. The van der Waals surface area contributed by atoms with Crippen LogP contribution in [0.15, 0.2) is 29.1 Å². The zero-order valence-electron chi connectivity index (χ0n) is 19.6. The average Bonchev–Trinajstić information content (AvgIpc) is 3.06. The number of hydrogen-bond acceptors (Lipinski definition) is 5. The highest BCUT2D eigenvalue weighted by Crippen LogP contribution is 2.30. The molecule has 0 saturated carbocycles. The van der Waals surface area contributed by atoms with Crippen molar-refractivity contribution < 1.29 is 13.5 Å². The van der Waals surface area contributed by atoms with Crippen molar-refractivity contribution in [1.82, 2.24) is 14.2 Å². The maximum absolute atomic E-state index is 13.6. The number of aromatic nitrogens is 3. The average molecular weight is 461 g/mol. The second kappa shape index (κ2) is 9.07. The van der Waals surface area contributed by atoms with E-state index in [1.54, 1.807) is 22.7 Å². The normalized spacial score (nSPS) is 12.1. The van der Waals surface area contributed by atoms with Crippen molar-refractivity contribution in [2.24, 2.45) is 0 Å². The molecule has 0 spiro atoms. The van der Waals surface area contributed by atoms with E-state index in [0.29, 0.717) is 22.6 Å². The van der Waals surface area contributed by atoms with Gasteiger partial charge in [-0.05, 0) is 68.0 Å². The molecule has 9 heteroatoms. The first-order chi connectivity index (χ1) is 15.0. The van der Waals surface area contributed by atoms with Gasteiger partial charge in [-0.15, -0.1) is 5.10 Å². The van der Waals surface area contributed by atoms with E-state index >= 15 is 0 Å². The first-order valence-electron chi connectivity index (χ1n) is 10.8. The van der Waals surface area contributed by atoms with E-state index in [-0.39, 0.29) is 24.6 Å². The highest BCUT2D eigenvalue weighted by molar-refractivity contribution is 7.92. The summed E-state index contributed by atoms with van der Waals surface area (Å²) >= 11 is 0. The Morgan fingerprint density at radius 3 is 2.34 bits per heavy atom. The molecule has 174 valence electrons. The van der Waals surface area contributed by atoms with E-state index in [1.165, 1.54) is 15.9 Å². The summed E-state index contributed by atoms with van der Waals surface area (Å²) in [5, 5.41) is 14.5. The van der Waals surface area contributed by atoms with Gasteiger partial charge in [-0.2, -0.15) is 0 Å². The molecule has 0 aliphatic heterocycles. The summed E-state index contributed by atoms with van der Waals surface area (Å²) in [6.07, 6.45) is 2.99. The number of anilines is 1. The fourth-order valence-corrected chi connectivity index (χ4v) is 4.70. The lowest BCUT2D eigenvalue weighted by Gasteiger charge is -2.19. The maximum atomic E-state index is 13.6. The standard InChI is InChI=1S/C23H32N4O4S/c1-7-17(8-2)20-14-16(4)27-21(20)23(29)26(11-12-28)22(24-27)19-10-9-18(13-15(19)3)25(5)32(6,30)31/h9-10,13-14,17,28H,7-8,11-12H2,1-6H3. The van der Waals surface area contributed by atoms with E-state index < -0.39 is 10.0 Å². The Labute approximate surface area is 189 Å². The van der Waals surface area contributed by atoms with E-state index in [0.717, 1.165) is 35.9 Å². The molecule has 3 aromatic rings. The van der Waals surface area contributed by atoms with Crippen LogP contribution in [0.3, 0.4) is 0 Å². The topological polar surface area (TPSA) is 96.9 Å². The lowest BCUT2D eigenvalue weighted by Crippen LogP contribution is -2.28. The molecule has 0 amide bonds. The van der Waals surface area contributed by atoms with Crippen LogP contribution in [0.5, 0.6) is 0 Å². The molecular formula is C23H32N4O4S. The van der Waals surface area contributed by atoms with Gasteiger partial charge in [0, 0.05) is 18.3 Å². The number of fused-ring (bicyclic) bond motifs is 1. The molecule has 32 heavy (non-hydrogen) atoms. The molecule has 3 rings (SSSR count). The third-order valence-electron chi connectivity index (χ3n) is 6.14. The monoisotopic (exact) mass is 460 g/mol. The number of aryl methyl sites for hydroxylation is 2. The van der Waals surface area contributed by atoms with Crippen molar-refractivity contribution >= 4 is 21.2 Å². The fraction of sp³-hybridized carbons (Fsp3) is 0.478. The summed E-state index contributed by atoms with van der Waals surface area (Å²) in [6.45, 7) is 7.93. The Kier molecular flexibility index (Phi) is 6.80. The van der Waals surface area contributed by atoms with Crippen LogP contribution in [0, 0.1) is 13.8 Å². The zero-order valence-corrected chi connectivity index (χ0v) is 20.4. The Bertz CT molecular complexity index is 1300. The van der Waals surface area contributed by atoms with E-state index in [1.807, 2.05) is 19.9 Å². The van der Waals surface area contributed by atoms with Crippen LogP contribution in [0.2, 0.25) is 0 Å². The molecule has 0 atom stereocenters. The molecule has 0 fully saturated rings. The van der Waals surface area contributed by atoms with Gasteiger partial charge >= 0.3 is 0 Å². The van der Waals surface area contributed by atoms with Gasteiger partial charge in [0.1, 0.15) is 5.52 Å². The van der Waals surface area contributed by atoms with Gasteiger partial charge in [0.2, 0.25) is 10.0 Å². The summed E-state index contributed by atoms with van der Waals surface area (Å²) in [7, 11) is -1.89. The molecule has 0 aliphatic rings. The van der Waals surface area contributed by atoms with Crippen LogP contribution in [0.4, 0.5) is 5.69 Å². The summed E-state index contributed by atoms with van der Waals surface area (Å²) < 4.78 is 28.2. The van der Waals surface area contributed by atoms with Crippen molar-refractivity contribution in [3.63, 3.8) is 0 Å². The van der Waals surface area contributed by atoms with E-state index in [2.05, 4.69) is 13.8 Å². The first-order valence-corrected chi connectivity index (χ1v) is 12.7. The lowest BCUT2D eigenvalue weighted by atomic mass is 9.95. The SMILES string of the molecule is CCC(CC)c1cc(C)n2nc(-c3ccc(N(C)S(C)(=O)=O)cc3C)n(CCO)c(=O)c12. The summed E-state index contributed by atoms with van der Waals surface area (Å²) in [5.74, 6) is 0.701. The van der Waals surface area contributed by atoms with Crippen LogP contribution < -0.4 is 9.86 Å². The van der Waals surface area contributed by atoms with Gasteiger partial charge in [0.05, 0.1) is 25.1 Å². The third-order valence-corrected chi connectivity index (χ3v) is 7.35. The van der Waals surface area contributed by atoms with Crippen molar-refractivity contribution in [3.8, 4) is 11.4 Å². The Hall–Kier alpha value is -2.65. The summed E-state index contributed by atoms with van der Waals surface area (Å²) in [4.78, 5) is 13.6. The Morgan fingerprint density at radius 2 is 1.81 bits per heavy atom. The van der Waals surface area contributed by atoms with Crippen LogP contribution in [-0.2, 0) is 16.6 Å². The van der Waals surface area contributed by atoms with Crippen LogP contribution in [-0.4, -0.2) is 47.6 Å². The summed E-state index contributed by atoms with van der Waals surface area (Å²) in [5.41, 5.74) is 4.25. The predicted octanol–water partition coefficient (Wildman–Crippen LogP) is 3.07. The number of benzene rings is 1. The maximum Gasteiger partial charge on any atom is 0.278 e. The highest BCUT2D eigenvalue weighted by Gasteiger charge is 2.22. The van der Waals surface area contributed by atoms with Gasteiger partial charge in [-0.3, -0.25) is 13.7 Å². The van der Waals surface area contributed by atoms with Crippen molar-refractivity contribution in [2.45, 2.75) is 53.0 Å². The molecule has 2 aromatic heterocycles. The van der Waals surface area contributed by atoms with Gasteiger partial charge in [0.15, 0.2) is 5.82 Å². The smallest absolute Gasteiger partial charge is 0.278 e. The summed E-state index contributed by atoms with van der Waals surface area (Å²) in [6, 6.07) is 7.26. The number of aliphatic hydroxyl groups is 1. The minimum absolute atomic E-state index is 0.120. The molecule has 2 heterocycles. The quantitative estimate of drug-likeness (QED) is 0.557. The van der Waals surface area contributed by atoms with Crippen molar-refractivity contribution in [1.29, 1.82) is 0 Å². The highest BCUT2D eigenvalue weighted by atomic mass is 32.2. The van der Waals surface area contributed by atoms with Gasteiger partial charge < -0.3 is 5.11 Å². The molecule has 1 N–H and O–H groups in total. The van der Waals surface area contributed by atoms with Crippen molar-refractivity contribution in [2.75, 3.05) is 24.2 Å². The molecular weight excluding hydrogens is 428 g/mol. The second-order valence-corrected chi connectivity index (χ2v) is 10.3. The van der Waals surface area contributed by atoms with E-state index in [4.69, 9.17) is 5.10 Å². The number of hydrogen-bond donors (Lipinski definition) is 1. The lowest BCUT2D eigenvalue weighted by molar-refractivity contribution is 0.274. The van der Waals surface area contributed by atoms with Gasteiger partial charge in [-0.25, -0.2) is 12.9 Å². The Balaban J connectivity index is 2.29.